The van der Waals surface area contributed by atoms with Crippen LogP contribution in [0.2, 0.25) is 0 Å². The lowest BCUT2D eigenvalue weighted by atomic mass is 10.2. The number of ether oxygens (including phenoxy) is 1. The molecule has 18 heavy (non-hydrogen) atoms. The number of nitrogens with one attached hydrogen (secondary N) is 2. The SMILES string of the molecule is O=c1[nH]nc(S[C@@H]2O[C@H](CO)[C@@H](O)[C@H]2O)c(=O)[nH]1. The molecule has 1 aromatic rings. The lowest BCUT2D eigenvalue weighted by Gasteiger charge is -2.12. The van der Waals surface area contributed by atoms with E-state index in [0.717, 1.165) is 11.8 Å². The smallest absolute Gasteiger partial charge is 0.342 e. The van der Waals surface area contributed by atoms with Crippen molar-refractivity contribution in [2.24, 2.45) is 0 Å². The van der Waals surface area contributed by atoms with Gasteiger partial charge in [0.2, 0.25) is 0 Å². The number of rotatable bonds is 3. The Bertz CT molecular complexity index is 530. The fraction of sp³-hybridized carbons (Fsp3) is 0.625. The van der Waals surface area contributed by atoms with Crippen LogP contribution in [0, 0.1) is 0 Å². The Hall–Kier alpha value is -1.20. The molecular formula is C8H11N3O6S. The lowest BCUT2D eigenvalue weighted by Crippen LogP contribution is -2.33. The second kappa shape index (κ2) is 5.20. The second-order valence-electron chi connectivity index (χ2n) is 3.64. The van der Waals surface area contributed by atoms with E-state index < -0.39 is 41.6 Å². The van der Waals surface area contributed by atoms with Crippen LogP contribution in [0.4, 0.5) is 0 Å². The predicted molar refractivity (Wildman–Crippen MR) is 59.1 cm³/mol. The van der Waals surface area contributed by atoms with Gasteiger partial charge < -0.3 is 20.1 Å². The number of aliphatic hydroxyl groups is 3. The van der Waals surface area contributed by atoms with Crippen molar-refractivity contribution in [1.82, 2.24) is 15.2 Å². The third-order valence-electron chi connectivity index (χ3n) is 2.41. The Morgan fingerprint density at radius 1 is 1.33 bits per heavy atom. The van der Waals surface area contributed by atoms with Crippen molar-refractivity contribution in [3.8, 4) is 0 Å². The molecule has 0 aromatic carbocycles. The number of aromatic nitrogens is 3. The van der Waals surface area contributed by atoms with Crippen LogP contribution in [0.5, 0.6) is 0 Å². The summed E-state index contributed by atoms with van der Waals surface area (Å²) in [7, 11) is 0. The zero-order chi connectivity index (χ0) is 13.3. The third-order valence-corrected chi connectivity index (χ3v) is 3.53. The van der Waals surface area contributed by atoms with E-state index in [2.05, 4.69) is 5.10 Å². The Labute approximate surface area is 104 Å². The molecule has 1 aromatic heterocycles. The van der Waals surface area contributed by atoms with Crippen molar-refractivity contribution in [2.75, 3.05) is 6.61 Å². The van der Waals surface area contributed by atoms with Crippen LogP contribution in [0.15, 0.2) is 14.6 Å². The molecular weight excluding hydrogens is 266 g/mol. The standard InChI is InChI=1S/C8H11N3O6S/c12-1-2-3(13)4(14)7(17-2)18-6-5(15)9-8(16)11-10-6/h2-4,7,12-14H,1H2,(H2,9,11,15,16)/t2-,3-,4-,7+/m1/s1. The van der Waals surface area contributed by atoms with Crippen LogP contribution in [-0.4, -0.2) is 60.9 Å². The van der Waals surface area contributed by atoms with Gasteiger partial charge in [0.15, 0.2) is 5.03 Å². The monoisotopic (exact) mass is 277 g/mol. The molecule has 0 aliphatic carbocycles. The average Bonchev–Trinajstić information content (AvgIpc) is 2.60. The van der Waals surface area contributed by atoms with Crippen molar-refractivity contribution in [2.45, 2.75) is 28.8 Å². The van der Waals surface area contributed by atoms with Crippen molar-refractivity contribution in [3.05, 3.63) is 20.8 Å². The summed E-state index contributed by atoms with van der Waals surface area (Å²) in [4.78, 5) is 24.1. The molecule has 0 saturated carbocycles. The van der Waals surface area contributed by atoms with E-state index in [-0.39, 0.29) is 5.03 Å². The number of hydrogen-bond donors (Lipinski definition) is 5. The Morgan fingerprint density at radius 2 is 2.06 bits per heavy atom. The molecule has 5 N–H and O–H groups in total. The number of nitrogens with zero attached hydrogens (tertiary/aromatic N) is 1. The summed E-state index contributed by atoms with van der Waals surface area (Å²) in [6, 6.07) is 0. The summed E-state index contributed by atoms with van der Waals surface area (Å²) in [6.07, 6.45) is -3.42. The first-order valence-corrected chi connectivity index (χ1v) is 5.89. The van der Waals surface area contributed by atoms with Crippen molar-refractivity contribution >= 4 is 11.8 Å². The molecule has 1 saturated heterocycles. The molecule has 1 aliphatic heterocycles. The summed E-state index contributed by atoms with van der Waals surface area (Å²) in [6.45, 7) is -0.454. The maximum absolute atomic E-state index is 11.4. The second-order valence-corrected chi connectivity index (χ2v) is 4.72. The minimum Gasteiger partial charge on any atom is -0.394 e. The predicted octanol–water partition coefficient (Wildman–Crippen LogP) is -3.01. The molecule has 0 spiro atoms. The summed E-state index contributed by atoms with van der Waals surface area (Å²) in [5.41, 5.74) is -2.41. The minimum atomic E-state index is -1.26. The molecule has 4 atom stereocenters. The third kappa shape index (κ3) is 2.47. The highest BCUT2D eigenvalue weighted by molar-refractivity contribution is 7.99. The van der Waals surface area contributed by atoms with Gasteiger partial charge >= 0.3 is 5.69 Å². The van der Waals surface area contributed by atoms with E-state index in [1.807, 2.05) is 10.1 Å². The molecule has 1 fully saturated rings. The van der Waals surface area contributed by atoms with Crippen LogP contribution in [-0.2, 0) is 4.74 Å². The zero-order valence-electron chi connectivity index (χ0n) is 8.94. The first kappa shape index (κ1) is 13.2. The summed E-state index contributed by atoms with van der Waals surface area (Å²) in [5, 5.41) is 33.5. The lowest BCUT2D eigenvalue weighted by molar-refractivity contribution is -0.00810. The molecule has 1 aliphatic rings. The summed E-state index contributed by atoms with van der Waals surface area (Å²) < 4.78 is 5.15. The molecule has 9 nitrogen and oxygen atoms in total. The Balaban J connectivity index is 2.15. The number of H-pyrrole nitrogens is 2. The van der Waals surface area contributed by atoms with Gasteiger partial charge in [-0.1, -0.05) is 11.8 Å². The highest BCUT2D eigenvalue weighted by atomic mass is 32.2. The maximum atomic E-state index is 11.4. The fourth-order valence-electron chi connectivity index (χ4n) is 1.49. The van der Waals surface area contributed by atoms with E-state index in [9.17, 15) is 19.8 Å². The van der Waals surface area contributed by atoms with Crippen LogP contribution in [0.3, 0.4) is 0 Å². The number of aromatic amines is 2. The number of aliphatic hydroxyl groups excluding tert-OH is 3. The number of hydrogen-bond acceptors (Lipinski definition) is 8. The molecule has 10 heteroatoms. The Kier molecular flexibility index (Phi) is 3.82. The zero-order valence-corrected chi connectivity index (χ0v) is 9.75. The van der Waals surface area contributed by atoms with Gasteiger partial charge in [-0.3, -0.25) is 9.78 Å². The van der Waals surface area contributed by atoms with E-state index in [1.54, 1.807) is 0 Å². The molecule has 2 rings (SSSR count). The van der Waals surface area contributed by atoms with Crippen molar-refractivity contribution in [1.29, 1.82) is 0 Å². The molecule has 0 unspecified atom stereocenters. The van der Waals surface area contributed by atoms with Gasteiger partial charge in [-0.15, -0.1) is 0 Å². The maximum Gasteiger partial charge on any atom is 0.342 e. The van der Waals surface area contributed by atoms with Crippen LogP contribution < -0.4 is 11.2 Å². The molecule has 2 heterocycles. The normalized spacial score (nSPS) is 31.7. The van der Waals surface area contributed by atoms with Crippen molar-refractivity contribution < 1.29 is 20.1 Å². The van der Waals surface area contributed by atoms with Crippen LogP contribution in [0.1, 0.15) is 0 Å². The average molecular weight is 277 g/mol. The minimum absolute atomic E-state index is 0.107. The van der Waals surface area contributed by atoms with E-state index in [0.29, 0.717) is 0 Å². The summed E-state index contributed by atoms with van der Waals surface area (Å²) in [5.74, 6) is 0. The first-order chi connectivity index (χ1) is 8.52. The summed E-state index contributed by atoms with van der Waals surface area (Å²) >= 11 is 0.749. The van der Waals surface area contributed by atoms with Gasteiger partial charge in [-0.25, -0.2) is 9.89 Å². The van der Waals surface area contributed by atoms with Gasteiger partial charge in [0.25, 0.3) is 5.56 Å². The molecule has 0 bridgehead atoms. The van der Waals surface area contributed by atoms with Gasteiger partial charge in [-0.2, -0.15) is 5.10 Å². The largest absolute Gasteiger partial charge is 0.394 e. The van der Waals surface area contributed by atoms with E-state index >= 15 is 0 Å². The quantitative estimate of drug-likeness (QED) is 0.392. The molecule has 100 valence electrons. The fourth-order valence-corrected chi connectivity index (χ4v) is 2.46. The molecule has 0 amide bonds. The van der Waals surface area contributed by atoms with Gasteiger partial charge in [0, 0.05) is 0 Å². The van der Waals surface area contributed by atoms with Gasteiger partial charge in [0.1, 0.15) is 23.7 Å². The van der Waals surface area contributed by atoms with Crippen LogP contribution in [0.25, 0.3) is 0 Å². The van der Waals surface area contributed by atoms with E-state index in [4.69, 9.17) is 9.84 Å². The highest BCUT2D eigenvalue weighted by Crippen LogP contribution is 2.31. The Morgan fingerprint density at radius 3 is 2.61 bits per heavy atom. The first-order valence-electron chi connectivity index (χ1n) is 5.01. The highest BCUT2D eigenvalue weighted by Gasteiger charge is 2.43. The molecule has 0 radical (unpaired) electrons. The van der Waals surface area contributed by atoms with E-state index in [1.165, 1.54) is 0 Å². The van der Waals surface area contributed by atoms with Gasteiger partial charge in [0.05, 0.1) is 6.61 Å². The number of thioether (sulfide) groups is 1. The van der Waals surface area contributed by atoms with Crippen LogP contribution >= 0.6 is 11.8 Å². The van der Waals surface area contributed by atoms with Gasteiger partial charge in [-0.05, 0) is 0 Å². The van der Waals surface area contributed by atoms with Crippen molar-refractivity contribution in [3.63, 3.8) is 0 Å². The topological polar surface area (TPSA) is 149 Å².